The van der Waals surface area contributed by atoms with E-state index in [1.165, 1.54) is 0 Å². The molecule has 1 heterocycles. The lowest BCUT2D eigenvalue weighted by atomic mass is 9.93. The number of para-hydroxylation sites is 3. The molecule has 5 heteroatoms. The topological polar surface area (TPSA) is 74.2 Å². The molecule has 0 saturated heterocycles. The van der Waals surface area contributed by atoms with Gasteiger partial charge in [-0.25, -0.2) is 9.98 Å². The molecule has 1 aliphatic rings. The van der Waals surface area contributed by atoms with E-state index in [1.807, 2.05) is 116 Å². The Labute approximate surface area is 269 Å². The average Bonchev–Trinajstić information content (AvgIpc) is 3.22. The van der Waals surface area contributed by atoms with Crippen molar-refractivity contribution in [1.29, 1.82) is 0 Å². The summed E-state index contributed by atoms with van der Waals surface area (Å²) in [5.41, 5.74) is 17.8. The third-order valence-electron chi connectivity index (χ3n) is 8.23. The number of nitrogens with zero attached hydrogens (tertiary/aromatic N) is 3. The highest BCUT2D eigenvalue weighted by Crippen LogP contribution is 2.54. The maximum absolute atomic E-state index is 11.3. The van der Waals surface area contributed by atoms with Crippen LogP contribution >= 0.6 is 0 Å². The third-order valence-corrected chi connectivity index (χ3v) is 8.23. The van der Waals surface area contributed by atoms with Gasteiger partial charge in [0.05, 0.1) is 28.4 Å². The summed E-state index contributed by atoms with van der Waals surface area (Å²) in [5.74, 6) is 0.755. The Hall–Kier alpha value is -6.20. The van der Waals surface area contributed by atoms with E-state index in [0.717, 1.165) is 56.0 Å². The molecular weight excluding hydrogens is 564 g/mol. The van der Waals surface area contributed by atoms with Gasteiger partial charge in [0.15, 0.2) is 5.84 Å². The van der Waals surface area contributed by atoms with E-state index < -0.39 is 0 Å². The number of phenols is 1. The summed E-state index contributed by atoms with van der Waals surface area (Å²) in [6, 6.07) is 47.9. The number of anilines is 4. The number of hydrogen-bond acceptors (Lipinski definition) is 4. The molecule has 6 aromatic carbocycles. The van der Waals surface area contributed by atoms with Crippen molar-refractivity contribution in [3.8, 4) is 28.0 Å². The van der Waals surface area contributed by atoms with E-state index in [-0.39, 0.29) is 5.75 Å². The Kier molecular flexibility index (Phi) is 7.49. The van der Waals surface area contributed by atoms with Gasteiger partial charge in [0.2, 0.25) is 0 Å². The first kappa shape index (κ1) is 28.6. The van der Waals surface area contributed by atoms with Crippen molar-refractivity contribution in [1.82, 2.24) is 0 Å². The van der Waals surface area contributed by atoms with E-state index in [4.69, 9.17) is 15.7 Å². The molecule has 0 spiro atoms. The zero-order valence-electron chi connectivity index (χ0n) is 25.4. The van der Waals surface area contributed by atoms with Crippen LogP contribution in [-0.2, 0) is 0 Å². The van der Waals surface area contributed by atoms with Crippen LogP contribution < -0.4 is 10.6 Å². The first-order chi connectivity index (χ1) is 22.5. The van der Waals surface area contributed by atoms with Crippen molar-refractivity contribution in [2.45, 2.75) is 6.92 Å². The summed E-state index contributed by atoms with van der Waals surface area (Å²) in [6.07, 6.45) is 0. The summed E-state index contributed by atoms with van der Waals surface area (Å²) < 4.78 is 0. The monoisotopic (exact) mass is 596 g/mol. The van der Waals surface area contributed by atoms with Crippen molar-refractivity contribution in [2.24, 2.45) is 9.98 Å². The van der Waals surface area contributed by atoms with E-state index >= 15 is 0 Å². The summed E-state index contributed by atoms with van der Waals surface area (Å²) in [4.78, 5) is 12.1. The molecule has 0 atom stereocenters. The van der Waals surface area contributed by atoms with Crippen LogP contribution in [0.5, 0.6) is 5.75 Å². The predicted molar refractivity (Wildman–Crippen MR) is 192 cm³/mol. The summed E-state index contributed by atoms with van der Waals surface area (Å²) in [6.45, 7) is 6.24. The van der Waals surface area contributed by atoms with Gasteiger partial charge in [0.25, 0.3) is 0 Å². The molecule has 1 aliphatic heterocycles. The van der Waals surface area contributed by atoms with Crippen LogP contribution in [0.2, 0.25) is 0 Å². The Morgan fingerprint density at radius 3 is 1.91 bits per heavy atom. The number of nitrogens with two attached hydrogens (primary N) is 1. The Morgan fingerprint density at radius 1 is 0.587 bits per heavy atom. The fraction of sp³-hybridized carbons (Fsp3) is 0.0244. The minimum absolute atomic E-state index is 0.174. The molecule has 0 unspecified atom stereocenters. The van der Waals surface area contributed by atoms with Crippen molar-refractivity contribution in [3.63, 3.8) is 0 Å². The zero-order chi connectivity index (χ0) is 31.6. The Balaban J connectivity index is 1.42. The van der Waals surface area contributed by atoms with Crippen LogP contribution in [0.4, 0.5) is 22.7 Å². The van der Waals surface area contributed by atoms with Crippen molar-refractivity contribution < 1.29 is 5.11 Å². The number of hydrogen-bond donors (Lipinski definition) is 2. The fourth-order valence-corrected chi connectivity index (χ4v) is 5.96. The van der Waals surface area contributed by atoms with E-state index in [2.05, 4.69) is 41.8 Å². The molecule has 46 heavy (non-hydrogen) atoms. The minimum Gasteiger partial charge on any atom is -0.506 e. The lowest BCUT2D eigenvalue weighted by Gasteiger charge is -2.29. The molecule has 0 aliphatic carbocycles. The third kappa shape index (κ3) is 5.24. The van der Waals surface area contributed by atoms with Crippen molar-refractivity contribution >= 4 is 40.0 Å². The molecular formula is C41H32N4O. The minimum atomic E-state index is 0.174. The first-order valence-corrected chi connectivity index (χ1v) is 15.1. The number of benzene rings is 6. The van der Waals surface area contributed by atoms with Crippen LogP contribution in [-0.4, -0.2) is 16.7 Å². The lowest BCUT2D eigenvalue weighted by molar-refractivity contribution is 0.477. The standard InChI is InChI=1S/C41H32N4O/c1-27(29-14-5-3-6-15-29)43-41(30-16-7-4-8-17-30)44-28(2)31-24-25-37-35(26-31)33-19-10-9-18-32(33)34-20-13-23-39(46)40(34)45(37)38-22-12-11-21-36(38)42/h3-26,46H,1,42H2,2H3. The average molecular weight is 597 g/mol. The highest BCUT2D eigenvalue weighted by Gasteiger charge is 2.29. The molecule has 0 radical (unpaired) electrons. The smallest absolute Gasteiger partial charge is 0.160 e. The van der Waals surface area contributed by atoms with E-state index in [0.29, 0.717) is 22.9 Å². The van der Waals surface area contributed by atoms with Crippen LogP contribution in [0.3, 0.4) is 0 Å². The molecule has 0 fully saturated rings. The van der Waals surface area contributed by atoms with Crippen LogP contribution in [0.25, 0.3) is 28.0 Å². The molecule has 0 aromatic heterocycles. The largest absolute Gasteiger partial charge is 0.506 e. The second-order valence-electron chi connectivity index (χ2n) is 11.2. The van der Waals surface area contributed by atoms with Gasteiger partial charge >= 0.3 is 0 Å². The van der Waals surface area contributed by atoms with Gasteiger partial charge in [-0.2, -0.15) is 0 Å². The highest BCUT2D eigenvalue weighted by molar-refractivity contribution is 6.14. The highest BCUT2D eigenvalue weighted by atomic mass is 16.3. The molecule has 5 nitrogen and oxygen atoms in total. The van der Waals surface area contributed by atoms with Gasteiger partial charge in [-0.1, -0.05) is 122 Å². The van der Waals surface area contributed by atoms with E-state index in [9.17, 15) is 5.11 Å². The first-order valence-electron chi connectivity index (χ1n) is 15.1. The predicted octanol–water partition coefficient (Wildman–Crippen LogP) is 10.0. The second kappa shape index (κ2) is 12.1. The Bertz CT molecular complexity index is 2150. The molecule has 6 aromatic rings. The van der Waals surface area contributed by atoms with Crippen LogP contribution in [0, 0.1) is 0 Å². The molecule has 0 amide bonds. The number of amidine groups is 1. The number of fused-ring (bicyclic) bond motifs is 5. The normalized spacial score (nSPS) is 12.5. The van der Waals surface area contributed by atoms with Gasteiger partial charge in [-0.3, -0.25) is 0 Å². The summed E-state index contributed by atoms with van der Waals surface area (Å²) in [5, 5.41) is 11.3. The van der Waals surface area contributed by atoms with Crippen molar-refractivity contribution in [2.75, 3.05) is 10.6 Å². The molecule has 7 rings (SSSR count). The number of aromatic hydroxyl groups is 1. The number of nitrogen functional groups attached to an aromatic ring is 1. The van der Waals surface area contributed by atoms with Gasteiger partial charge in [0, 0.05) is 22.4 Å². The SMILES string of the molecule is C=C(N=C(N=C(C)c1ccc2c(c1)-c1ccccc1-c1cccc(O)c1N2c1ccccc1N)c1ccccc1)c1ccccc1. The fourth-order valence-electron chi connectivity index (χ4n) is 5.96. The lowest BCUT2D eigenvalue weighted by Crippen LogP contribution is -2.13. The number of rotatable bonds is 5. The number of aliphatic imine (C=N–C) groups is 2. The summed E-state index contributed by atoms with van der Waals surface area (Å²) >= 11 is 0. The molecule has 222 valence electrons. The summed E-state index contributed by atoms with van der Waals surface area (Å²) in [7, 11) is 0. The second-order valence-corrected chi connectivity index (χ2v) is 11.2. The van der Waals surface area contributed by atoms with Crippen molar-refractivity contribution in [3.05, 3.63) is 169 Å². The molecule has 0 saturated carbocycles. The van der Waals surface area contributed by atoms with Gasteiger partial charge in [-0.15, -0.1) is 0 Å². The maximum atomic E-state index is 11.3. The van der Waals surface area contributed by atoms with Gasteiger partial charge < -0.3 is 15.7 Å². The molecule has 3 N–H and O–H groups in total. The van der Waals surface area contributed by atoms with Gasteiger partial charge in [0.1, 0.15) is 5.75 Å². The zero-order valence-corrected chi connectivity index (χ0v) is 25.4. The molecule has 0 bridgehead atoms. The van der Waals surface area contributed by atoms with E-state index in [1.54, 1.807) is 6.07 Å². The van der Waals surface area contributed by atoms with Crippen LogP contribution in [0.15, 0.2) is 162 Å². The van der Waals surface area contributed by atoms with Gasteiger partial charge in [-0.05, 0) is 59.5 Å². The Morgan fingerprint density at radius 2 is 1.20 bits per heavy atom. The quantitative estimate of drug-likeness (QED) is 0.118. The maximum Gasteiger partial charge on any atom is 0.160 e. The van der Waals surface area contributed by atoms with Crippen LogP contribution in [0.1, 0.15) is 23.6 Å². The number of phenolic OH excluding ortho intramolecular Hbond substituents is 1.